The Labute approximate surface area is 400 Å². The second-order valence-corrected chi connectivity index (χ2v) is 21.8. The van der Waals surface area contributed by atoms with Gasteiger partial charge in [0.2, 0.25) is 0 Å². The average Bonchev–Trinajstić information content (AvgIpc) is 3.90. The van der Waals surface area contributed by atoms with Crippen molar-refractivity contribution in [2.45, 2.75) is 78.6 Å². The minimum absolute atomic E-state index is 0.0206. The van der Waals surface area contributed by atoms with E-state index in [1.54, 1.807) is 0 Å². The lowest BCUT2D eigenvalue weighted by molar-refractivity contribution is 0.590. The highest BCUT2D eigenvalue weighted by Gasteiger charge is 2.47. The Balaban J connectivity index is 1.18. The van der Waals surface area contributed by atoms with Crippen molar-refractivity contribution in [1.82, 2.24) is 9.38 Å². The SMILES string of the molecule is CC(C)(C)c1ccc(N(c2ccc(C(C)(C)C)cc2)c2ccc3c(c2)N(c2cccc4c2oc2ccccc24)c2cc(C(C)(C)C)cc4c2B3c2nc3ccccn3c2N4c2ccccc2)cc1. The molecule has 0 radical (unpaired) electrons. The van der Waals surface area contributed by atoms with Gasteiger partial charge in [0.05, 0.1) is 11.3 Å². The molecular weight excluding hydrogens is 830 g/mol. The Morgan fingerprint density at radius 2 is 1.07 bits per heavy atom. The van der Waals surface area contributed by atoms with Crippen molar-refractivity contribution in [3.05, 3.63) is 193 Å². The number of nitrogens with zero attached hydrogens (tertiary/aromatic N) is 5. The van der Waals surface area contributed by atoms with Gasteiger partial charge >= 0.3 is 0 Å². The highest BCUT2D eigenvalue weighted by Crippen LogP contribution is 2.50. The molecule has 3 aromatic heterocycles. The van der Waals surface area contributed by atoms with Crippen molar-refractivity contribution in [2.75, 3.05) is 14.7 Å². The van der Waals surface area contributed by atoms with E-state index >= 15 is 0 Å². The first kappa shape index (κ1) is 41.9. The summed E-state index contributed by atoms with van der Waals surface area (Å²) >= 11 is 0. The minimum Gasteiger partial charge on any atom is -0.454 e. The molecule has 0 fully saturated rings. The summed E-state index contributed by atoms with van der Waals surface area (Å²) < 4.78 is 9.24. The van der Waals surface area contributed by atoms with Crippen molar-refractivity contribution >= 4 is 102 Å². The largest absolute Gasteiger partial charge is 0.454 e. The predicted octanol–water partition coefficient (Wildman–Crippen LogP) is 14.7. The van der Waals surface area contributed by atoms with E-state index in [1.165, 1.54) is 27.6 Å². The molecule has 0 aliphatic carbocycles. The summed E-state index contributed by atoms with van der Waals surface area (Å²) in [6, 6.07) is 62.4. The van der Waals surface area contributed by atoms with Crippen molar-refractivity contribution in [2.24, 2.45) is 0 Å². The fourth-order valence-corrected chi connectivity index (χ4v) is 10.6. The van der Waals surface area contributed by atoms with E-state index < -0.39 is 0 Å². The van der Waals surface area contributed by atoms with Crippen LogP contribution in [0.25, 0.3) is 27.6 Å². The first-order valence-electron chi connectivity index (χ1n) is 24.0. The van der Waals surface area contributed by atoms with Gasteiger partial charge in [-0.15, -0.1) is 0 Å². The van der Waals surface area contributed by atoms with Gasteiger partial charge in [0.25, 0.3) is 6.71 Å². The average molecular weight is 886 g/mol. The normalized spacial score (nSPS) is 13.6. The summed E-state index contributed by atoms with van der Waals surface area (Å²) in [5.41, 5.74) is 18.5. The van der Waals surface area contributed by atoms with Crippen LogP contribution in [0.4, 0.5) is 51.3 Å². The maximum absolute atomic E-state index is 6.96. The third-order valence-electron chi connectivity index (χ3n) is 14.2. The van der Waals surface area contributed by atoms with Crippen LogP contribution in [0.15, 0.2) is 180 Å². The molecule has 0 N–H and O–H groups in total. The van der Waals surface area contributed by atoms with Crippen LogP contribution < -0.4 is 31.2 Å². The molecule has 2 aliphatic heterocycles. The van der Waals surface area contributed by atoms with Gasteiger partial charge in [-0.25, -0.2) is 4.98 Å². The first-order chi connectivity index (χ1) is 32.6. The summed E-state index contributed by atoms with van der Waals surface area (Å²) in [4.78, 5) is 13.0. The molecule has 7 aromatic carbocycles. The van der Waals surface area contributed by atoms with Crippen LogP contribution in [0.2, 0.25) is 0 Å². The van der Waals surface area contributed by atoms with Gasteiger partial charge in [-0.3, -0.25) is 9.30 Å². The number of anilines is 9. The second kappa shape index (κ2) is 15.0. The number of imidazole rings is 1. The number of benzene rings is 7. The van der Waals surface area contributed by atoms with E-state index in [1.807, 2.05) is 0 Å². The molecule has 0 unspecified atom stereocenters. The Bertz CT molecular complexity index is 3530. The molecule has 5 heterocycles. The van der Waals surface area contributed by atoms with Gasteiger partial charge in [0, 0.05) is 56.8 Å². The van der Waals surface area contributed by atoms with Crippen molar-refractivity contribution in [3.63, 3.8) is 0 Å². The number of rotatable bonds is 5. The molecule has 2 aliphatic rings. The lowest BCUT2D eigenvalue weighted by Gasteiger charge is -2.44. The van der Waals surface area contributed by atoms with Crippen molar-refractivity contribution in [3.8, 4) is 0 Å². The number of pyridine rings is 1. The monoisotopic (exact) mass is 885 g/mol. The zero-order valence-electron chi connectivity index (χ0n) is 40.5. The summed E-state index contributed by atoms with van der Waals surface area (Å²) in [6.45, 7) is 20.4. The summed E-state index contributed by atoms with van der Waals surface area (Å²) in [6.07, 6.45) is 2.16. The van der Waals surface area contributed by atoms with E-state index in [9.17, 15) is 0 Å². The molecule has 0 spiro atoms. The molecule has 0 atom stereocenters. The molecule has 12 rings (SSSR count). The number of hydrogen-bond acceptors (Lipinski definition) is 5. The van der Waals surface area contributed by atoms with Crippen molar-refractivity contribution in [1.29, 1.82) is 0 Å². The van der Waals surface area contributed by atoms with Crippen LogP contribution >= 0.6 is 0 Å². The molecule has 0 saturated carbocycles. The number of furan rings is 1. The number of aromatic nitrogens is 2. The summed E-state index contributed by atoms with van der Waals surface area (Å²) in [5, 5.41) is 2.19. The zero-order chi connectivity index (χ0) is 46.9. The lowest BCUT2D eigenvalue weighted by atomic mass is 9.35. The van der Waals surface area contributed by atoms with Gasteiger partial charge in [-0.1, -0.05) is 147 Å². The van der Waals surface area contributed by atoms with Crippen LogP contribution in [0.5, 0.6) is 0 Å². The summed E-state index contributed by atoms with van der Waals surface area (Å²) in [7, 11) is 0. The van der Waals surface area contributed by atoms with E-state index in [0.717, 1.165) is 84.5 Å². The predicted molar refractivity (Wildman–Crippen MR) is 287 cm³/mol. The fraction of sp³-hybridized carbons (Fsp3) is 0.197. The fourth-order valence-electron chi connectivity index (χ4n) is 10.6. The number of fused-ring (bicyclic) bond motifs is 9. The highest BCUT2D eigenvalue weighted by atomic mass is 16.3. The number of hydrogen-bond donors (Lipinski definition) is 0. The van der Waals surface area contributed by atoms with Crippen LogP contribution in [0.3, 0.4) is 0 Å². The molecule has 334 valence electrons. The maximum Gasteiger partial charge on any atom is 0.277 e. The Morgan fingerprint density at radius 3 is 1.74 bits per heavy atom. The molecule has 6 nitrogen and oxygen atoms in total. The summed E-state index contributed by atoms with van der Waals surface area (Å²) in [5.74, 6) is 1.06. The Hall–Kier alpha value is -7.51. The molecule has 0 amide bonds. The minimum atomic E-state index is -0.183. The Kier molecular flexibility index (Phi) is 9.24. The molecule has 0 saturated heterocycles. The van der Waals surface area contributed by atoms with E-state index in [-0.39, 0.29) is 23.0 Å². The van der Waals surface area contributed by atoms with Gasteiger partial charge in [0.1, 0.15) is 17.0 Å². The molecule has 10 aromatic rings. The quantitative estimate of drug-likeness (QED) is 0.161. The molecule has 0 bridgehead atoms. The topological polar surface area (TPSA) is 40.2 Å². The smallest absolute Gasteiger partial charge is 0.277 e. The number of para-hydroxylation sites is 3. The van der Waals surface area contributed by atoms with E-state index in [2.05, 4.69) is 257 Å². The lowest BCUT2D eigenvalue weighted by Crippen LogP contribution is -2.62. The van der Waals surface area contributed by atoms with Crippen LogP contribution in [-0.4, -0.2) is 16.1 Å². The van der Waals surface area contributed by atoms with E-state index in [4.69, 9.17) is 9.40 Å². The highest BCUT2D eigenvalue weighted by molar-refractivity contribution is 7.00. The van der Waals surface area contributed by atoms with Gasteiger partial charge in [-0.2, -0.15) is 0 Å². The second-order valence-electron chi connectivity index (χ2n) is 21.8. The van der Waals surface area contributed by atoms with Crippen molar-refractivity contribution < 1.29 is 4.42 Å². The van der Waals surface area contributed by atoms with Gasteiger partial charge in [-0.05, 0) is 129 Å². The van der Waals surface area contributed by atoms with Crippen LogP contribution in [0.1, 0.15) is 79.0 Å². The van der Waals surface area contributed by atoms with Gasteiger partial charge < -0.3 is 14.2 Å². The third kappa shape index (κ3) is 6.57. The van der Waals surface area contributed by atoms with Gasteiger partial charge in [0.15, 0.2) is 5.58 Å². The maximum atomic E-state index is 6.96. The first-order valence-corrected chi connectivity index (χ1v) is 24.0. The standard InChI is InChI=1S/C61H56BN5O/c1-59(2,3)39-25-29-43(30-26-39)65(44-31-27-40(28-32-44)60(4,5)6)45-33-34-48-50(38-45)67(49-22-17-21-47-46-20-13-14-23-53(46)68-56(47)49)52-37-41(61(7,8)9)36-51-55(52)62(48)57-58(64-35-16-15-24-54(64)63-57)66(51)42-18-11-10-12-19-42/h10-38H,1-9H3. The zero-order valence-corrected chi connectivity index (χ0v) is 40.5. The molecule has 68 heavy (non-hydrogen) atoms. The van der Waals surface area contributed by atoms with Crippen LogP contribution in [0, 0.1) is 0 Å². The third-order valence-corrected chi connectivity index (χ3v) is 14.2. The molecular formula is C61H56BN5O. The Morgan fingerprint density at radius 1 is 0.485 bits per heavy atom. The molecule has 7 heteroatoms. The van der Waals surface area contributed by atoms with Crippen LogP contribution in [-0.2, 0) is 16.2 Å². The van der Waals surface area contributed by atoms with E-state index in [0.29, 0.717) is 0 Å².